The van der Waals surface area contributed by atoms with E-state index >= 15 is 0 Å². The zero-order valence-corrected chi connectivity index (χ0v) is 11.7. The molecule has 1 aromatic carbocycles. The molecule has 4 heteroatoms. The predicted molar refractivity (Wildman–Crippen MR) is 70.9 cm³/mol. The minimum atomic E-state index is -0.434. The monoisotopic (exact) mass is 269 g/mol. The topological polar surface area (TPSA) is 21.3 Å². The summed E-state index contributed by atoms with van der Waals surface area (Å²) in [5.41, 5.74) is 0.417. The van der Waals surface area contributed by atoms with E-state index < -0.39 is 17.7 Å². The SMILES string of the molecule is CC(C)(C)C1CCOC(c2cc(F)ccc2F)CN1. The molecule has 1 aliphatic rings. The van der Waals surface area contributed by atoms with E-state index in [1.165, 1.54) is 6.07 Å². The second-order valence-corrected chi connectivity index (χ2v) is 6.14. The molecule has 0 aliphatic carbocycles. The Kier molecular flexibility index (Phi) is 4.21. The number of halogens is 2. The van der Waals surface area contributed by atoms with E-state index in [0.717, 1.165) is 18.6 Å². The third kappa shape index (κ3) is 3.51. The van der Waals surface area contributed by atoms with Gasteiger partial charge in [-0.1, -0.05) is 20.8 Å². The van der Waals surface area contributed by atoms with Gasteiger partial charge in [-0.25, -0.2) is 8.78 Å². The van der Waals surface area contributed by atoms with Crippen molar-refractivity contribution in [3.8, 4) is 0 Å². The Bertz CT molecular complexity index is 442. The molecule has 0 radical (unpaired) electrons. The van der Waals surface area contributed by atoms with Crippen LogP contribution in [0.2, 0.25) is 0 Å². The fourth-order valence-electron chi connectivity index (χ4n) is 2.44. The van der Waals surface area contributed by atoms with Crippen molar-refractivity contribution < 1.29 is 13.5 Å². The van der Waals surface area contributed by atoms with E-state index in [2.05, 4.69) is 26.1 Å². The first-order valence-corrected chi connectivity index (χ1v) is 6.68. The zero-order chi connectivity index (χ0) is 14.0. The highest BCUT2D eigenvalue weighted by molar-refractivity contribution is 5.22. The average molecular weight is 269 g/mol. The van der Waals surface area contributed by atoms with Crippen molar-refractivity contribution in [3.05, 3.63) is 35.4 Å². The summed E-state index contributed by atoms with van der Waals surface area (Å²) in [5.74, 6) is -0.848. The first-order chi connectivity index (χ1) is 8.88. The second kappa shape index (κ2) is 5.55. The van der Waals surface area contributed by atoms with Crippen molar-refractivity contribution in [3.63, 3.8) is 0 Å². The minimum Gasteiger partial charge on any atom is -0.372 e. The van der Waals surface area contributed by atoms with E-state index in [-0.39, 0.29) is 5.41 Å². The van der Waals surface area contributed by atoms with Crippen LogP contribution in [-0.4, -0.2) is 19.2 Å². The molecule has 0 amide bonds. The van der Waals surface area contributed by atoms with E-state index in [1.54, 1.807) is 0 Å². The van der Waals surface area contributed by atoms with Gasteiger partial charge in [0.25, 0.3) is 0 Å². The van der Waals surface area contributed by atoms with E-state index in [1.807, 2.05) is 0 Å². The summed E-state index contributed by atoms with van der Waals surface area (Å²) in [7, 11) is 0. The molecule has 2 atom stereocenters. The summed E-state index contributed by atoms with van der Waals surface area (Å²) in [6, 6.07) is 3.81. The van der Waals surface area contributed by atoms with E-state index in [4.69, 9.17) is 4.74 Å². The Morgan fingerprint density at radius 2 is 2.00 bits per heavy atom. The van der Waals surface area contributed by atoms with Crippen LogP contribution in [0.5, 0.6) is 0 Å². The predicted octanol–water partition coefficient (Wildman–Crippen LogP) is 3.43. The number of ether oxygens (including phenoxy) is 1. The largest absolute Gasteiger partial charge is 0.372 e. The molecule has 2 unspecified atom stereocenters. The van der Waals surface area contributed by atoms with Crippen LogP contribution in [0.3, 0.4) is 0 Å². The summed E-state index contributed by atoms with van der Waals surface area (Å²) in [5, 5.41) is 3.40. The highest BCUT2D eigenvalue weighted by Crippen LogP contribution is 2.28. The fourth-order valence-corrected chi connectivity index (χ4v) is 2.44. The van der Waals surface area contributed by atoms with Crippen LogP contribution >= 0.6 is 0 Å². The van der Waals surface area contributed by atoms with Gasteiger partial charge in [0, 0.05) is 24.8 Å². The summed E-state index contributed by atoms with van der Waals surface area (Å²) in [6.45, 7) is 7.53. The van der Waals surface area contributed by atoms with E-state index in [9.17, 15) is 8.78 Å². The van der Waals surface area contributed by atoms with Gasteiger partial charge in [-0.05, 0) is 30.0 Å². The van der Waals surface area contributed by atoms with Gasteiger partial charge in [0.1, 0.15) is 11.6 Å². The lowest BCUT2D eigenvalue weighted by atomic mass is 9.85. The highest BCUT2D eigenvalue weighted by atomic mass is 19.1. The lowest BCUT2D eigenvalue weighted by Gasteiger charge is -2.30. The van der Waals surface area contributed by atoms with Crippen molar-refractivity contribution >= 4 is 0 Å². The molecule has 0 bridgehead atoms. The third-order valence-corrected chi connectivity index (χ3v) is 3.63. The van der Waals surface area contributed by atoms with Gasteiger partial charge in [-0.15, -0.1) is 0 Å². The Morgan fingerprint density at radius 1 is 1.26 bits per heavy atom. The van der Waals surface area contributed by atoms with Crippen molar-refractivity contribution in [2.24, 2.45) is 5.41 Å². The lowest BCUT2D eigenvalue weighted by molar-refractivity contribution is 0.0627. The minimum absolute atomic E-state index is 0.124. The molecular formula is C15H21F2NO. The Balaban J connectivity index is 2.13. The lowest BCUT2D eigenvalue weighted by Crippen LogP contribution is -2.40. The maximum Gasteiger partial charge on any atom is 0.129 e. The molecule has 2 nitrogen and oxygen atoms in total. The molecule has 1 fully saturated rings. The zero-order valence-electron chi connectivity index (χ0n) is 11.7. The van der Waals surface area contributed by atoms with Gasteiger partial charge in [0.05, 0.1) is 6.10 Å². The third-order valence-electron chi connectivity index (χ3n) is 3.63. The molecule has 2 rings (SSSR count). The molecule has 1 saturated heterocycles. The van der Waals surface area contributed by atoms with Crippen molar-refractivity contribution in [1.82, 2.24) is 5.32 Å². The summed E-state index contributed by atoms with van der Waals surface area (Å²) < 4.78 is 32.7. The van der Waals surface area contributed by atoms with Gasteiger partial charge in [0.15, 0.2) is 0 Å². The number of nitrogens with one attached hydrogen (secondary N) is 1. The molecule has 106 valence electrons. The standard InChI is InChI=1S/C15H21F2NO/c1-15(2,3)14-6-7-19-13(9-18-14)11-8-10(16)4-5-12(11)17/h4-5,8,13-14,18H,6-7,9H2,1-3H3. The summed E-state index contributed by atoms with van der Waals surface area (Å²) >= 11 is 0. The Hall–Kier alpha value is -1.00. The molecule has 1 aromatic rings. The van der Waals surface area contributed by atoms with Gasteiger partial charge >= 0.3 is 0 Å². The maximum atomic E-state index is 13.7. The van der Waals surface area contributed by atoms with Gasteiger partial charge in [0.2, 0.25) is 0 Å². The number of hydrogen-bond acceptors (Lipinski definition) is 2. The van der Waals surface area contributed by atoms with Crippen molar-refractivity contribution in [2.75, 3.05) is 13.2 Å². The van der Waals surface area contributed by atoms with Crippen LogP contribution < -0.4 is 5.32 Å². The average Bonchev–Trinajstić information content (AvgIpc) is 2.57. The summed E-state index contributed by atoms with van der Waals surface area (Å²) in [4.78, 5) is 0. The van der Waals surface area contributed by atoms with E-state index in [0.29, 0.717) is 24.8 Å². The molecule has 19 heavy (non-hydrogen) atoms. The number of benzene rings is 1. The summed E-state index contributed by atoms with van der Waals surface area (Å²) in [6.07, 6.45) is 0.444. The number of hydrogen-bond donors (Lipinski definition) is 1. The molecule has 0 saturated carbocycles. The normalized spacial score (nSPS) is 25.1. The Morgan fingerprint density at radius 3 is 2.68 bits per heavy atom. The van der Waals surface area contributed by atoms with Gasteiger partial charge < -0.3 is 10.1 Å². The molecule has 0 spiro atoms. The smallest absolute Gasteiger partial charge is 0.129 e. The maximum absolute atomic E-state index is 13.7. The second-order valence-electron chi connectivity index (χ2n) is 6.14. The molecule has 1 heterocycles. The van der Waals surface area contributed by atoms with Crippen LogP contribution in [0.1, 0.15) is 38.9 Å². The van der Waals surface area contributed by atoms with Crippen LogP contribution in [0.15, 0.2) is 18.2 Å². The highest BCUT2D eigenvalue weighted by Gasteiger charge is 2.29. The molecule has 1 N–H and O–H groups in total. The Labute approximate surface area is 113 Å². The fraction of sp³-hybridized carbons (Fsp3) is 0.600. The molecular weight excluding hydrogens is 248 g/mol. The van der Waals surface area contributed by atoms with Crippen LogP contribution in [0.4, 0.5) is 8.78 Å². The first-order valence-electron chi connectivity index (χ1n) is 6.68. The van der Waals surface area contributed by atoms with Crippen LogP contribution in [0.25, 0.3) is 0 Å². The quantitative estimate of drug-likeness (QED) is 0.843. The molecule has 1 aliphatic heterocycles. The van der Waals surface area contributed by atoms with Gasteiger partial charge in [-0.3, -0.25) is 0 Å². The first kappa shape index (κ1) is 14.4. The van der Waals surface area contributed by atoms with Crippen LogP contribution in [0, 0.1) is 17.0 Å². The van der Waals surface area contributed by atoms with Crippen molar-refractivity contribution in [2.45, 2.75) is 39.3 Å². The van der Waals surface area contributed by atoms with Gasteiger partial charge in [-0.2, -0.15) is 0 Å². The van der Waals surface area contributed by atoms with Crippen molar-refractivity contribution in [1.29, 1.82) is 0 Å². The van der Waals surface area contributed by atoms with Crippen LogP contribution in [-0.2, 0) is 4.74 Å². The molecule has 0 aromatic heterocycles. The number of rotatable bonds is 1.